The van der Waals surface area contributed by atoms with Crippen LogP contribution in [0.3, 0.4) is 0 Å². The van der Waals surface area contributed by atoms with E-state index in [4.69, 9.17) is 10.2 Å². The fraction of sp³-hybridized carbons (Fsp3) is 0.222. The summed E-state index contributed by atoms with van der Waals surface area (Å²) in [4.78, 5) is 0. The summed E-state index contributed by atoms with van der Waals surface area (Å²) in [6.07, 6.45) is 7.65. The summed E-state index contributed by atoms with van der Waals surface area (Å²) in [6, 6.07) is 17.6. The minimum Gasteiger partial charge on any atom is -0.366 e. The van der Waals surface area contributed by atoms with Crippen LogP contribution in [0.25, 0.3) is 27.1 Å². The third kappa shape index (κ3) is 7.72. The second-order valence-electron chi connectivity index (χ2n) is 7.88. The average molecular weight is 479 g/mol. The monoisotopic (exact) mass is 477 g/mol. The van der Waals surface area contributed by atoms with Crippen LogP contribution in [-0.4, -0.2) is 16.0 Å². The number of rotatable bonds is 2. The summed E-state index contributed by atoms with van der Waals surface area (Å²) in [7, 11) is 0. The summed E-state index contributed by atoms with van der Waals surface area (Å²) >= 11 is 0. The van der Waals surface area contributed by atoms with E-state index in [1.807, 2.05) is 13.8 Å². The average Bonchev–Trinajstić information content (AvgIpc) is 3.28. The van der Waals surface area contributed by atoms with Gasteiger partial charge < -0.3 is 10.2 Å². The van der Waals surface area contributed by atoms with Crippen molar-refractivity contribution in [3.8, 4) is 0 Å². The fourth-order valence-electron chi connectivity index (χ4n) is 2.91. The first-order chi connectivity index (χ1) is 13.6. The second kappa shape index (κ2) is 11.5. The van der Waals surface area contributed by atoms with E-state index in [2.05, 4.69) is 79.9 Å². The Kier molecular flexibility index (Phi) is 9.97. The van der Waals surface area contributed by atoms with Gasteiger partial charge in [-0.25, -0.2) is 0 Å². The standard InChI is InChI=1S/C18H13.C6H10.C3H8O2.Zr/c1-2-7-13(6-1)15-10-5-11-17-16-9-4-3-8-14(16)12-18(15)17;1-5(2)6(3)4;1-3(2,4)5;/h1-6,8-12H,7H2;1,3H2,2,4H3;4-5H,1-2H3;/q-1;;;. The Balaban J connectivity index is 0.000000318. The molecule has 2 nitrogen and oxygen atoms in total. The van der Waals surface area contributed by atoms with E-state index in [1.54, 1.807) is 0 Å². The Hall–Kier alpha value is -1.93. The van der Waals surface area contributed by atoms with Crippen molar-refractivity contribution in [1.29, 1.82) is 0 Å². The molecule has 3 heteroatoms. The molecule has 0 bridgehead atoms. The Morgan fingerprint density at radius 1 is 0.933 bits per heavy atom. The van der Waals surface area contributed by atoms with Crippen molar-refractivity contribution in [3.63, 3.8) is 0 Å². The molecule has 2 N–H and O–H groups in total. The van der Waals surface area contributed by atoms with E-state index < -0.39 is 5.79 Å². The number of aliphatic hydroxyl groups is 2. The fourth-order valence-corrected chi connectivity index (χ4v) is 2.91. The molecule has 0 unspecified atom stereocenters. The molecule has 0 heterocycles. The van der Waals surface area contributed by atoms with Crippen molar-refractivity contribution in [2.45, 2.75) is 39.9 Å². The zero-order chi connectivity index (χ0) is 21.6. The molecule has 3 aromatic carbocycles. The summed E-state index contributed by atoms with van der Waals surface area (Å²) in [5.41, 5.74) is 4.94. The third-order valence-corrected chi connectivity index (χ3v) is 4.50. The molecule has 0 fully saturated rings. The first-order valence-corrected chi connectivity index (χ1v) is 9.77. The van der Waals surface area contributed by atoms with Gasteiger partial charge in [-0.2, -0.15) is 0 Å². The van der Waals surface area contributed by atoms with Crippen molar-refractivity contribution in [2.75, 3.05) is 0 Å². The molecule has 30 heavy (non-hydrogen) atoms. The molecular weight excluding hydrogens is 448 g/mol. The van der Waals surface area contributed by atoms with Crippen LogP contribution >= 0.6 is 0 Å². The smallest absolute Gasteiger partial charge is 0.156 e. The first kappa shape index (κ1) is 26.1. The minimum atomic E-state index is -1.50. The van der Waals surface area contributed by atoms with Gasteiger partial charge in [-0.1, -0.05) is 90.1 Å². The molecule has 0 saturated carbocycles. The second-order valence-corrected chi connectivity index (χ2v) is 7.88. The van der Waals surface area contributed by atoms with Crippen molar-refractivity contribution in [1.82, 2.24) is 0 Å². The molecule has 1 aliphatic carbocycles. The number of hydrogen-bond acceptors (Lipinski definition) is 2. The zero-order valence-electron chi connectivity index (χ0n) is 18.4. The largest absolute Gasteiger partial charge is 0.366 e. The van der Waals surface area contributed by atoms with Crippen LogP contribution in [0.15, 0.2) is 91.1 Å². The molecule has 0 radical (unpaired) electrons. The van der Waals surface area contributed by atoms with Crippen LogP contribution in [0.5, 0.6) is 0 Å². The summed E-state index contributed by atoms with van der Waals surface area (Å²) in [5, 5.41) is 21.6. The van der Waals surface area contributed by atoms with Crippen LogP contribution in [0.2, 0.25) is 0 Å². The van der Waals surface area contributed by atoms with Crippen LogP contribution in [-0.2, 0) is 26.2 Å². The Morgan fingerprint density at radius 2 is 1.50 bits per heavy atom. The summed E-state index contributed by atoms with van der Waals surface area (Å²) in [5.74, 6) is -1.50. The van der Waals surface area contributed by atoms with Crippen molar-refractivity contribution in [2.24, 2.45) is 0 Å². The van der Waals surface area contributed by atoms with Gasteiger partial charge in [0.1, 0.15) is 0 Å². The number of benzene rings is 2. The predicted molar refractivity (Wildman–Crippen MR) is 127 cm³/mol. The van der Waals surface area contributed by atoms with E-state index in [0.29, 0.717) is 0 Å². The van der Waals surface area contributed by atoms with Gasteiger partial charge in [0.05, 0.1) is 0 Å². The summed E-state index contributed by atoms with van der Waals surface area (Å²) in [6.45, 7) is 13.8. The van der Waals surface area contributed by atoms with Crippen LogP contribution in [0.4, 0.5) is 0 Å². The maximum atomic E-state index is 8.08. The maximum absolute atomic E-state index is 8.08. The molecule has 1 aliphatic rings. The van der Waals surface area contributed by atoms with Crippen molar-refractivity contribution in [3.05, 3.63) is 96.6 Å². The third-order valence-electron chi connectivity index (χ3n) is 4.50. The molecule has 0 aliphatic heterocycles. The van der Waals surface area contributed by atoms with E-state index in [1.165, 1.54) is 46.5 Å². The SMILES string of the molecule is C1=CCC(c2cccc3c2[cH-]c2ccccc23)=C1.C=C(C)C(=C)C.CC(C)(O)O.[Zr]. The van der Waals surface area contributed by atoms with E-state index in [-0.39, 0.29) is 26.2 Å². The number of hydrogen-bond donors (Lipinski definition) is 2. The van der Waals surface area contributed by atoms with Gasteiger partial charge in [0, 0.05) is 26.2 Å². The van der Waals surface area contributed by atoms with Gasteiger partial charge in [-0.3, -0.25) is 0 Å². The predicted octanol–water partition coefficient (Wildman–Crippen LogP) is 6.90. The van der Waals surface area contributed by atoms with Crippen LogP contribution in [0, 0.1) is 0 Å². The van der Waals surface area contributed by atoms with Gasteiger partial charge in [0.15, 0.2) is 5.79 Å². The molecular formula is C27H31O2Zr-. The molecule has 0 saturated heterocycles. The molecule has 0 aromatic heterocycles. The minimum absolute atomic E-state index is 0. The summed E-state index contributed by atoms with van der Waals surface area (Å²) < 4.78 is 0. The Labute approximate surface area is 199 Å². The topological polar surface area (TPSA) is 40.5 Å². The van der Waals surface area contributed by atoms with Crippen molar-refractivity contribution >= 4 is 27.1 Å². The first-order valence-electron chi connectivity index (χ1n) is 9.77. The van der Waals surface area contributed by atoms with E-state index in [0.717, 1.165) is 17.6 Å². The van der Waals surface area contributed by atoms with E-state index in [9.17, 15) is 0 Å². The van der Waals surface area contributed by atoms with Gasteiger partial charge in [-0.05, 0) is 34.1 Å². The molecule has 0 atom stereocenters. The molecule has 0 amide bonds. The van der Waals surface area contributed by atoms with Gasteiger partial charge in [-0.15, -0.1) is 33.7 Å². The van der Waals surface area contributed by atoms with Gasteiger partial charge in [0.2, 0.25) is 0 Å². The normalized spacial score (nSPS) is 12.3. The molecule has 4 rings (SSSR count). The zero-order valence-corrected chi connectivity index (χ0v) is 20.8. The quantitative estimate of drug-likeness (QED) is 0.239. The Bertz CT molecular complexity index is 1060. The van der Waals surface area contributed by atoms with E-state index >= 15 is 0 Å². The molecule has 0 spiro atoms. The number of allylic oxidation sites excluding steroid dienone is 6. The van der Waals surface area contributed by atoms with Crippen molar-refractivity contribution < 1.29 is 36.4 Å². The van der Waals surface area contributed by atoms with Crippen LogP contribution in [0.1, 0.15) is 39.7 Å². The molecule has 156 valence electrons. The van der Waals surface area contributed by atoms with Crippen LogP contribution < -0.4 is 0 Å². The number of fused-ring (bicyclic) bond motifs is 3. The maximum Gasteiger partial charge on any atom is 0.156 e. The Morgan fingerprint density at radius 3 is 2.03 bits per heavy atom. The molecule has 3 aromatic rings. The van der Waals surface area contributed by atoms with Gasteiger partial charge >= 0.3 is 0 Å². The van der Waals surface area contributed by atoms with Gasteiger partial charge in [0.25, 0.3) is 0 Å².